The van der Waals surface area contributed by atoms with Gasteiger partial charge in [0.05, 0.1) is 0 Å². The largest absolute Gasteiger partial charge is 0.329 e. The zero-order valence-corrected chi connectivity index (χ0v) is 17.0. The minimum absolute atomic E-state index is 0.305. The van der Waals surface area contributed by atoms with Crippen molar-refractivity contribution in [3.8, 4) is 0 Å². The maximum atomic E-state index is 12.5. The summed E-state index contributed by atoms with van der Waals surface area (Å²) in [5.41, 5.74) is 4.75. The molecule has 0 fully saturated rings. The van der Waals surface area contributed by atoms with Gasteiger partial charge in [-0.25, -0.2) is 10.2 Å². The highest BCUT2D eigenvalue weighted by Gasteiger charge is 2.17. The molecule has 0 bridgehead atoms. The second-order valence-corrected chi connectivity index (χ2v) is 6.97. The summed E-state index contributed by atoms with van der Waals surface area (Å²) in [5.74, 6) is 0.391. The quantitative estimate of drug-likeness (QED) is 0.359. The maximum absolute atomic E-state index is 12.5. The van der Waals surface area contributed by atoms with E-state index in [1.807, 2.05) is 72.8 Å². The fraction of sp³-hybridized carbons (Fsp3) is 0.130. The summed E-state index contributed by atoms with van der Waals surface area (Å²) in [7, 11) is 1.57. The number of aromatic nitrogens is 4. The lowest BCUT2D eigenvalue weighted by molar-refractivity contribution is 0.716. The van der Waals surface area contributed by atoms with Crippen molar-refractivity contribution in [2.75, 3.05) is 5.43 Å². The van der Waals surface area contributed by atoms with Crippen LogP contribution in [0.3, 0.4) is 0 Å². The fourth-order valence-corrected chi connectivity index (χ4v) is 3.28. The van der Waals surface area contributed by atoms with Crippen LogP contribution in [0.4, 0.5) is 5.95 Å². The first-order valence-electron chi connectivity index (χ1n) is 9.88. The summed E-state index contributed by atoms with van der Waals surface area (Å²) >= 11 is 0. The molecule has 156 valence electrons. The molecular formula is C23H22N6O2. The lowest BCUT2D eigenvalue weighted by Crippen LogP contribution is -2.29. The molecule has 2 aromatic heterocycles. The fourth-order valence-electron chi connectivity index (χ4n) is 3.28. The van der Waals surface area contributed by atoms with Gasteiger partial charge in [-0.3, -0.25) is 14.3 Å². The van der Waals surface area contributed by atoms with Crippen LogP contribution in [0.15, 0.2) is 81.4 Å². The number of imidazole rings is 1. The number of rotatable bonds is 7. The van der Waals surface area contributed by atoms with E-state index >= 15 is 0 Å². The molecule has 4 rings (SSSR count). The zero-order chi connectivity index (χ0) is 21.6. The first kappa shape index (κ1) is 20.1. The number of nitrogens with zero attached hydrogens (tertiary/aromatic N) is 4. The summed E-state index contributed by atoms with van der Waals surface area (Å²) in [5, 5.41) is 4.20. The molecule has 0 saturated heterocycles. The predicted molar refractivity (Wildman–Crippen MR) is 123 cm³/mol. The minimum atomic E-state index is -0.508. The molecule has 31 heavy (non-hydrogen) atoms. The number of aryl methyl sites for hydroxylation is 3. The van der Waals surface area contributed by atoms with Gasteiger partial charge in [-0.2, -0.15) is 10.1 Å². The number of hydrogen-bond acceptors (Lipinski definition) is 5. The van der Waals surface area contributed by atoms with Gasteiger partial charge in [-0.05, 0) is 23.6 Å². The Hall–Kier alpha value is -4.20. The molecular weight excluding hydrogens is 392 g/mol. The third kappa shape index (κ3) is 4.53. The van der Waals surface area contributed by atoms with E-state index in [1.54, 1.807) is 17.8 Å². The van der Waals surface area contributed by atoms with Crippen molar-refractivity contribution in [2.24, 2.45) is 12.1 Å². The van der Waals surface area contributed by atoms with E-state index in [9.17, 15) is 9.59 Å². The first-order chi connectivity index (χ1) is 15.1. The van der Waals surface area contributed by atoms with Crippen LogP contribution in [0.25, 0.3) is 17.2 Å². The normalized spacial score (nSPS) is 11.6. The Labute approximate surface area is 178 Å². The smallest absolute Gasteiger partial charge is 0.303 e. The topological polar surface area (TPSA) is 97.1 Å². The number of aromatic amines is 1. The van der Waals surface area contributed by atoms with Gasteiger partial charge in [0.25, 0.3) is 5.56 Å². The van der Waals surface area contributed by atoms with E-state index in [2.05, 4.69) is 20.5 Å². The summed E-state index contributed by atoms with van der Waals surface area (Å²) in [4.78, 5) is 31.3. The molecule has 2 heterocycles. The lowest BCUT2D eigenvalue weighted by atomic mass is 10.1. The number of fused-ring (bicyclic) bond motifs is 1. The molecule has 2 aromatic carbocycles. The van der Waals surface area contributed by atoms with E-state index in [0.717, 1.165) is 11.1 Å². The van der Waals surface area contributed by atoms with Crippen LogP contribution >= 0.6 is 0 Å². The Morgan fingerprint density at radius 3 is 2.52 bits per heavy atom. The van der Waals surface area contributed by atoms with Gasteiger partial charge in [0.1, 0.15) is 0 Å². The Balaban J connectivity index is 1.63. The minimum Gasteiger partial charge on any atom is -0.303 e. The van der Waals surface area contributed by atoms with Crippen LogP contribution in [0.2, 0.25) is 0 Å². The average Bonchev–Trinajstić information content (AvgIpc) is 3.16. The standard InChI is InChI=1S/C23H22N6O2/c1-28-20-19(21(30)26-23(28)31)29(16-14-18-11-6-3-7-12-18)22(25-20)27-24-15-8-13-17-9-4-2-5-10-17/h2-13,15H,14,16H2,1H3,(H,25,27)(H,26,30,31)/b13-8+,24-15+. The number of allylic oxidation sites excluding steroid dienone is 1. The highest BCUT2D eigenvalue weighted by Crippen LogP contribution is 2.16. The number of H-pyrrole nitrogens is 1. The van der Waals surface area contributed by atoms with Crippen molar-refractivity contribution >= 4 is 29.4 Å². The van der Waals surface area contributed by atoms with Gasteiger partial charge in [0.2, 0.25) is 5.95 Å². The lowest BCUT2D eigenvalue weighted by Gasteiger charge is -2.08. The molecule has 0 saturated carbocycles. The van der Waals surface area contributed by atoms with Crippen LogP contribution < -0.4 is 16.7 Å². The van der Waals surface area contributed by atoms with Crippen LogP contribution in [-0.4, -0.2) is 25.3 Å². The molecule has 0 radical (unpaired) electrons. The number of hydrazone groups is 1. The number of nitrogens with one attached hydrogen (secondary N) is 2. The van der Waals surface area contributed by atoms with Crippen molar-refractivity contribution in [3.63, 3.8) is 0 Å². The van der Waals surface area contributed by atoms with E-state index in [4.69, 9.17) is 0 Å². The van der Waals surface area contributed by atoms with Gasteiger partial charge >= 0.3 is 5.69 Å². The second kappa shape index (κ2) is 9.08. The molecule has 8 nitrogen and oxygen atoms in total. The summed E-state index contributed by atoms with van der Waals surface area (Å²) < 4.78 is 3.07. The molecule has 0 atom stereocenters. The monoisotopic (exact) mass is 414 g/mol. The van der Waals surface area contributed by atoms with Crippen molar-refractivity contribution in [1.82, 2.24) is 19.1 Å². The van der Waals surface area contributed by atoms with Gasteiger partial charge in [-0.15, -0.1) is 0 Å². The third-order valence-corrected chi connectivity index (χ3v) is 4.89. The molecule has 0 aliphatic rings. The summed E-state index contributed by atoms with van der Waals surface area (Å²) in [6, 6.07) is 19.8. The third-order valence-electron chi connectivity index (χ3n) is 4.89. The number of benzene rings is 2. The van der Waals surface area contributed by atoms with E-state index in [-0.39, 0.29) is 0 Å². The Morgan fingerprint density at radius 1 is 1.06 bits per heavy atom. The average molecular weight is 414 g/mol. The Morgan fingerprint density at radius 2 is 1.77 bits per heavy atom. The second-order valence-electron chi connectivity index (χ2n) is 6.97. The molecule has 0 aliphatic heterocycles. The van der Waals surface area contributed by atoms with Gasteiger partial charge in [-0.1, -0.05) is 66.7 Å². The van der Waals surface area contributed by atoms with Gasteiger partial charge < -0.3 is 4.57 Å². The number of anilines is 1. The van der Waals surface area contributed by atoms with E-state index in [1.165, 1.54) is 4.57 Å². The summed E-state index contributed by atoms with van der Waals surface area (Å²) in [6.45, 7) is 0.500. The molecule has 0 unspecified atom stereocenters. The molecule has 2 N–H and O–H groups in total. The molecule has 0 spiro atoms. The Bertz CT molecular complexity index is 1350. The molecule has 4 aromatic rings. The Kier molecular flexibility index (Phi) is 5.89. The predicted octanol–water partition coefficient (Wildman–Crippen LogP) is 2.78. The maximum Gasteiger partial charge on any atom is 0.329 e. The van der Waals surface area contributed by atoms with Crippen molar-refractivity contribution in [1.29, 1.82) is 0 Å². The van der Waals surface area contributed by atoms with Crippen molar-refractivity contribution < 1.29 is 0 Å². The van der Waals surface area contributed by atoms with E-state index < -0.39 is 11.2 Å². The molecule has 0 amide bonds. The zero-order valence-electron chi connectivity index (χ0n) is 17.0. The first-order valence-corrected chi connectivity index (χ1v) is 9.88. The van der Waals surface area contributed by atoms with Crippen LogP contribution in [0.5, 0.6) is 0 Å². The van der Waals surface area contributed by atoms with Crippen LogP contribution in [-0.2, 0) is 20.0 Å². The molecule has 8 heteroatoms. The SMILES string of the molecule is Cn1c(=O)[nH]c(=O)c2c1nc(N/N=C/C=C/c1ccccc1)n2CCc1ccccc1. The summed E-state index contributed by atoms with van der Waals surface area (Å²) in [6.07, 6.45) is 6.04. The van der Waals surface area contributed by atoms with Crippen molar-refractivity contribution in [2.45, 2.75) is 13.0 Å². The van der Waals surface area contributed by atoms with Crippen molar-refractivity contribution in [3.05, 3.63) is 98.7 Å². The van der Waals surface area contributed by atoms with Crippen LogP contribution in [0.1, 0.15) is 11.1 Å². The number of hydrogen-bond donors (Lipinski definition) is 2. The highest BCUT2D eigenvalue weighted by molar-refractivity contribution is 5.79. The van der Waals surface area contributed by atoms with Crippen LogP contribution in [0, 0.1) is 0 Å². The van der Waals surface area contributed by atoms with E-state index in [0.29, 0.717) is 30.1 Å². The highest BCUT2D eigenvalue weighted by atomic mass is 16.2. The van der Waals surface area contributed by atoms with Gasteiger partial charge in [0, 0.05) is 19.8 Å². The van der Waals surface area contributed by atoms with Gasteiger partial charge in [0.15, 0.2) is 11.2 Å². The molecule has 0 aliphatic carbocycles.